The number of alkyl carbamates (subject to hydrolysis) is 1. The molecule has 0 atom stereocenters. The predicted molar refractivity (Wildman–Crippen MR) is 106 cm³/mol. The van der Waals surface area contributed by atoms with Gasteiger partial charge in [0.25, 0.3) is 11.8 Å². The van der Waals surface area contributed by atoms with Gasteiger partial charge in [0.15, 0.2) is 0 Å². The molecule has 148 valence electrons. The van der Waals surface area contributed by atoms with Gasteiger partial charge in [0.1, 0.15) is 10.8 Å². The highest BCUT2D eigenvalue weighted by Gasteiger charge is 2.28. The molecule has 1 aromatic heterocycles. The number of hydrogen-bond acceptors (Lipinski definition) is 6. The predicted octanol–water partition coefficient (Wildman–Crippen LogP) is 3.77. The van der Waals surface area contributed by atoms with Crippen molar-refractivity contribution in [3.05, 3.63) is 45.8 Å². The standard InChI is InChI=1S/C20H22N2O5S/c1-11(2)27-13-9-7-12(8-10-13)17(23)21-19-16(18(24)22-20(25)26-3)14-5-4-6-15(14)28-19/h7-11H,4-6H2,1-3H3,(H,21,23)(H,22,24,25). The first-order valence-corrected chi connectivity index (χ1v) is 9.82. The molecule has 0 saturated heterocycles. The summed E-state index contributed by atoms with van der Waals surface area (Å²) < 4.78 is 10.1. The minimum absolute atomic E-state index is 0.0454. The van der Waals surface area contributed by atoms with E-state index >= 15 is 0 Å². The molecule has 0 fully saturated rings. The number of benzene rings is 1. The summed E-state index contributed by atoms with van der Waals surface area (Å²) in [5.74, 6) is -0.217. The van der Waals surface area contributed by atoms with E-state index in [-0.39, 0.29) is 12.0 Å². The average Bonchev–Trinajstić information content (AvgIpc) is 3.22. The molecule has 2 N–H and O–H groups in total. The molecular formula is C20H22N2O5S. The Morgan fingerprint density at radius 2 is 1.79 bits per heavy atom. The Balaban J connectivity index is 1.81. The molecule has 0 unspecified atom stereocenters. The van der Waals surface area contributed by atoms with E-state index in [1.807, 2.05) is 13.8 Å². The number of anilines is 1. The molecule has 0 spiro atoms. The van der Waals surface area contributed by atoms with Crippen LogP contribution in [0.15, 0.2) is 24.3 Å². The summed E-state index contributed by atoms with van der Waals surface area (Å²) >= 11 is 1.38. The Hall–Kier alpha value is -2.87. The van der Waals surface area contributed by atoms with E-state index in [0.717, 1.165) is 29.7 Å². The molecule has 7 nitrogen and oxygen atoms in total. The number of ether oxygens (including phenoxy) is 2. The van der Waals surface area contributed by atoms with Gasteiger partial charge in [-0.2, -0.15) is 0 Å². The van der Waals surface area contributed by atoms with Crippen LogP contribution in [0.25, 0.3) is 0 Å². The van der Waals surface area contributed by atoms with Gasteiger partial charge in [0.05, 0.1) is 18.8 Å². The summed E-state index contributed by atoms with van der Waals surface area (Å²) in [7, 11) is 1.19. The number of rotatable bonds is 5. The second-order valence-corrected chi connectivity index (χ2v) is 7.76. The van der Waals surface area contributed by atoms with E-state index in [9.17, 15) is 14.4 Å². The SMILES string of the molecule is COC(=O)NC(=O)c1c(NC(=O)c2ccc(OC(C)C)cc2)sc2c1CCC2. The van der Waals surface area contributed by atoms with Crippen molar-refractivity contribution in [1.82, 2.24) is 5.32 Å². The lowest BCUT2D eigenvalue weighted by molar-refractivity contribution is 0.0937. The molecule has 1 aliphatic carbocycles. The number of hydrogen-bond donors (Lipinski definition) is 2. The van der Waals surface area contributed by atoms with E-state index in [2.05, 4.69) is 15.4 Å². The topological polar surface area (TPSA) is 93.7 Å². The number of thiophene rings is 1. The smallest absolute Gasteiger partial charge is 0.413 e. The quantitative estimate of drug-likeness (QED) is 0.794. The minimum atomic E-state index is -0.832. The van der Waals surface area contributed by atoms with Gasteiger partial charge in [0, 0.05) is 10.4 Å². The molecule has 1 aromatic carbocycles. The molecule has 8 heteroatoms. The van der Waals surface area contributed by atoms with Crippen molar-refractivity contribution in [3.8, 4) is 5.75 Å². The largest absolute Gasteiger partial charge is 0.491 e. The maximum absolute atomic E-state index is 12.7. The van der Waals surface area contributed by atoms with Gasteiger partial charge in [-0.25, -0.2) is 4.79 Å². The zero-order chi connectivity index (χ0) is 20.3. The lowest BCUT2D eigenvalue weighted by Crippen LogP contribution is -2.31. The van der Waals surface area contributed by atoms with Crippen LogP contribution >= 0.6 is 11.3 Å². The van der Waals surface area contributed by atoms with Gasteiger partial charge in [-0.3, -0.25) is 14.9 Å². The number of nitrogens with one attached hydrogen (secondary N) is 2. The normalized spacial score (nSPS) is 12.4. The highest BCUT2D eigenvalue weighted by atomic mass is 32.1. The van der Waals surface area contributed by atoms with E-state index < -0.39 is 12.0 Å². The Labute approximate surface area is 167 Å². The zero-order valence-corrected chi connectivity index (χ0v) is 16.8. The molecule has 1 heterocycles. The number of methoxy groups -OCH3 is 1. The molecule has 0 bridgehead atoms. The lowest BCUT2D eigenvalue weighted by atomic mass is 10.1. The number of carbonyl (C=O) groups is 3. The van der Waals surface area contributed by atoms with Crippen molar-refractivity contribution in [3.63, 3.8) is 0 Å². The number of amides is 3. The van der Waals surface area contributed by atoms with Crippen LogP contribution in [0.1, 0.15) is 51.4 Å². The van der Waals surface area contributed by atoms with Crippen molar-refractivity contribution in [1.29, 1.82) is 0 Å². The van der Waals surface area contributed by atoms with Crippen LogP contribution in [-0.4, -0.2) is 31.1 Å². The van der Waals surface area contributed by atoms with Gasteiger partial charge in [0.2, 0.25) is 0 Å². The van der Waals surface area contributed by atoms with Crippen molar-refractivity contribution in [2.24, 2.45) is 0 Å². The van der Waals surface area contributed by atoms with Crippen molar-refractivity contribution >= 4 is 34.2 Å². The van der Waals surface area contributed by atoms with Gasteiger partial charge >= 0.3 is 6.09 Å². The molecule has 0 saturated carbocycles. The molecule has 2 aromatic rings. The molecule has 28 heavy (non-hydrogen) atoms. The van der Waals surface area contributed by atoms with Crippen molar-refractivity contribution in [2.45, 2.75) is 39.2 Å². The van der Waals surface area contributed by atoms with Crippen LogP contribution < -0.4 is 15.4 Å². The van der Waals surface area contributed by atoms with Gasteiger partial charge in [-0.05, 0) is 62.9 Å². The summed E-state index contributed by atoms with van der Waals surface area (Å²) in [6, 6.07) is 6.80. The number of fused-ring (bicyclic) bond motifs is 1. The summed E-state index contributed by atoms with van der Waals surface area (Å²) in [6.07, 6.45) is 1.76. The van der Waals surface area contributed by atoms with Crippen LogP contribution in [-0.2, 0) is 17.6 Å². The van der Waals surface area contributed by atoms with E-state index in [0.29, 0.717) is 21.9 Å². The number of carbonyl (C=O) groups excluding carboxylic acids is 3. The maximum Gasteiger partial charge on any atom is 0.413 e. The molecule has 0 aliphatic heterocycles. The van der Waals surface area contributed by atoms with Crippen molar-refractivity contribution in [2.75, 3.05) is 12.4 Å². The molecule has 3 rings (SSSR count). The van der Waals surface area contributed by atoms with Gasteiger partial charge < -0.3 is 14.8 Å². The first kappa shape index (κ1) is 19.9. The Bertz CT molecular complexity index is 902. The van der Waals surface area contributed by atoms with Crippen LogP contribution in [0.4, 0.5) is 9.80 Å². The zero-order valence-electron chi connectivity index (χ0n) is 16.0. The first-order chi connectivity index (χ1) is 13.4. The van der Waals surface area contributed by atoms with Gasteiger partial charge in [-0.15, -0.1) is 11.3 Å². The Kier molecular flexibility index (Phi) is 5.99. The maximum atomic E-state index is 12.7. The Morgan fingerprint density at radius 1 is 1.07 bits per heavy atom. The lowest BCUT2D eigenvalue weighted by Gasteiger charge is -2.11. The first-order valence-electron chi connectivity index (χ1n) is 9.01. The minimum Gasteiger partial charge on any atom is -0.491 e. The summed E-state index contributed by atoms with van der Waals surface area (Å²) in [5.41, 5.74) is 1.68. The van der Waals surface area contributed by atoms with Crippen LogP contribution in [0.2, 0.25) is 0 Å². The molecule has 0 radical (unpaired) electrons. The van der Waals surface area contributed by atoms with E-state index in [1.165, 1.54) is 18.4 Å². The number of imide groups is 1. The highest BCUT2D eigenvalue weighted by Crippen LogP contribution is 2.39. The van der Waals surface area contributed by atoms with Crippen LogP contribution in [0, 0.1) is 0 Å². The third-order valence-electron chi connectivity index (χ3n) is 4.26. The van der Waals surface area contributed by atoms with Crippen molar-refractivity contribution < 1.29 is 23.9 Å². The fourth-order valence-corrected chi connectivity index (χ4v) is 4.35. The fraction of sp³-hybridized carbons (Fsp3) is 0.350. The van der Waals surface area contributed by atoms with Gasteiger partial charge in [-0.1, -0.05) is 0 Å². The summed E-state index contributed by atoms with van der Waals surface area (Å²) in [6.45, 7) is 3.86. The average molecular weight is 402 g/mol. The van der Waals surface area contributed by atoms with Crippen LogP contribution in [0.5, 0.6) is 5.75 Å². The summed E-state index contributed by atoms with van der Waals surface area (Å²) in [4.78, 5) is 37.7. The fourth-order valence-electron chi connectivity index (χ4n) is 3.07. The third-order valence-corrected chi connectivity index (χ3v) is 5.47. The monoisotopic (exact) mass is 402 g/mol. The number of aryl methyl sites for hydroxylation is 1. The molecule has 1 aliphatic rings. The molecule has 3 amide bonds. The summed E-state index contributed by atoms with van der Waals surface area (Å²) in [5, 5.41) is 5.44. The van der Waals surface area contributed by atoms with Crippen LogP contribution in [0.3, 0.4) is 0 Å². The second-order valence-electron chi connectivity index (χ2n) is 6.65. The van der Waals surface area contributed by atoms with E-state index in [4.69, 9.17) is 4.74 Å². The second kappa shape index (κ2) is 8.43. The molecular weight excluding hydrogens is 380 g/mol. The third kappa shape index (κ3) is 4.33. The Morgan fingerprint density at radius 3 is 2.43 bits per heavy atom. The van der Waals surface area contributed by atoms with E-state index in [1.54, 1.807) is 24.3 Å². The highest BCUT2D eigenvalue weighted by molar-refractivity contribution is 7.17.